The molecule has 0 radical (unpaired) electrons. The fraction of sp³-hybridized carbons (Fsp3) is 0.733. The van der Waals surface area contributed by atoms with Crippen LogP contribution in [0.25, 0.3) is 0 Å². The van der Waals surface area contributed by atoms with Crippen LogP contribution in [-0.4, -0.2) is 29.1 Å². The van der Waals surface area contributed by atoms with Crippen molar-refractivity contribution in [2.24, 2.45) is 5.92 Å². The van der Waals surface area contributed by atoms with Crippen LogP contribution in [0.15, 0.2) is 16.8 Å². The second kappa shape index (κ2) is 4.32. The van der Waals surface area contributed by atoms with Gasteiger partial charge in [-0.2, -0.15) is 11.3 Å². The van der Waals surface area contributed by atoms with Crippen LogP contribution in [0.3, 0.4) is 0 Å². The van der Waals surface area contributed by atoms with E-state index in [0.717, 1.165) is 19.0 Å². The van der Waals surface area contributed by atoms with Crippen LogP contribution in [0.2, 0.25) is 0 Å². The lowest BCUT2D eigenvalue weighted by atomic mass is 9.86. The van der Waals surface area contributed by atoms with Crippen molar-refractivity contribution in [3.8, 4) is 0 Å². The third-order valence-electron chi connectivity index (χ3n) is 4.73. The molecule has 2 heterocycles. The van der Waals surface area contributed by atoms with E-state index in [1.165, 1.54) is 24.9 Å². The van der Waals surface area contributed by atoms with Crippen LogP contribution in [0.4, 0.5) is 0 Å². The Hall–Kier alpha value is -0.380. The molecule has 1 aromatic heterocycles. The van der Waals surface area contributed by atoms with Crippen molar-refractivity contribution in [2.45, 2.75) is 51.2 Å². The summed E-state index contributed by atoms with van der Waals surface area (Å²) in [5.74, 6) is 0.901. The second-order valence-corrected chi connectivity index (χ2v) is 7.63. The van der Waals surface area contributed by atoms with Crippen molar-refractivity contribution in [1.82, 2.24) is 10.2 Å². The molecule has 3 rings (SSSR count). The van der Waals surface area contributed by atoms with E-state index in [0.29, 0.717) is 5.54 Å². The minimum Gasteiger partial charge on any atom is -0.308 e. The fourth-order valence-electron chi connectivity index (χ4n) is 3.06. The lowest BCUT2D eigenvalue weighted by molar-refractivity contribution is 0.0179. The molecule has 1 atom stereocenters. The Bertz CT molecular complexity index is 408. The van der Waals surface area contributed by atoms with Gasteiger partial charge in [-0.1, -0.05) is 0 Å². The maximum absolute atomic E-state index is 3.82. The van der Waals surface area contributed by atoms with E-state index >= 15 is 0 Å². The number of rotatable bonds is 3. The molecule has 1 aromatic rings. The minimum absolute atomic E-state index is 0.260. The number of hydrogen-bond donors (Lipinski definition) is 1. The maximum Gasteiger partial charge on any atom is 0.0309 e. The molecular formula is C15H24N2S. The van der Waals surface area contributed by atoms with E-state index in [1.807, 2.05) is 0 Å². The molecule has 1 N–H and O–H groups in total. The largest absolute Gasteiger partial charge is 0.308 e. The van der Waals surface area contributed by atoms with Crippen LogP contribution in [0, 0.1) is 5.92 Å². The van der Waals surface area contributed by atoms with Crippen molar-refractivity contribution < 1.29 is 0 Å². The predicted molar refractivity (Wildman–Crippen MR) is 77.9 cm³/mol. The van der Waals surface area contributed by atoms with Crippen molar-refractivity contribution in [2.75, 3.05) is 13.1 Å². The number of nitrogens with one attached hydrogen (secondary N) is 1. The maximum atomic E-state index is 3.82. The Balaban J connectivity index is 1.75. The summed E-state index contributed by atoms with van der Waals surface area (Å²) in [6.07, 6.45) is 2.83. The van der Waals surface area contributed by atoms with Gasteiger partial charge in [0.2, 0.25) is 0 Å². The first kappa shape index (κ1) is 12.6. The van der Waals surface area contributed by atoms with E-state index in [-0.39, 0.29) is 5.54 Å². The van der Waals surface area contributed by atoms with Crippen molar-refractivity contribution in [3.05, 3.63) is 22.4 Å². The summed E-state index contributed by atoms with van der Waals surface area (Å²) in [6, 6.07) is 2.26. The standard InChI is InChI=1S/C15H24N2S/c1-14(2)10-16-15(3,13-4-5-13)11-17(14)8-12-6-7-18-9-12/h6-7,9,13,16H,4-5,8,10-11H2,1-3H3. The van der Waals surface area contributed by atoms with E-state index in [4.69, 9.17) is 0 Å². The van der Waals surface area contributed by atoms with Gasteiger partial charge in [-0.15, -0.1) is 0 Å². The summed E-state index contributed by atoms with van der Waals surface area (Å²) in [5.41, 5.74) is 2.06. The van der Waals surface area contributed by atoms with Gasteiger partial charge in [-0.25, -0.2) is 0 Å². The topological polar surface area (TPSA) is 15.3 Å². The van der Waals surface area contributed by atoms with E-state index in [9.17, 15) is 0 Å². The summed E-state index contributed by atoms with van der Waals surface area (Å²) in [6.45, 7) is 10.5. The van der Waals surface area contributed by atoms with Crippen LogP contribution < -0.4 is 5.32 Å². The normalized spacial score (nSPS) is 32.6. The smallest absolute Gasteiger partial charge is 0.0309 e. The zero-order valence-electron chi connectivity index (χ0n) is 11.7. The molecule has 1 saturated carbocycles. The van der Waals surface area contributed by atoms with Crippen LogP contribution in [0.5, 0.6) is 0 Å². The third kappa shape index (κ3) is 2.36. The van der Waals surface area contributed by atoms with Crippen molar-refractivity contribution >= 4 is 11.3 Å². The van der Waals surface area contributed by atoms with Gasteiger partial charge in [0.15, 0.2) is 0 Å². The summed E-state index contributed by atoms with van der Waals surface area (Å²) in [7, 11) is 0. The highest BCUT2D eigenvalue weighted by atomic mass is 32.1. The highest BCUT2D eigenvalue weighted by molar-refractivity contribution is 7.07. The zero-order valence-corrected chi connectivity index (χ0v) is 12.5. The van der Waals surface area contributed by atoms with Crippen molar-refractivity contribution in [3.63, 3.8) is 0 Å². The first-order valence-corrected chi connectivity index (χ1v) is 7.95. The highest BCUT2D eigenvalue weighted by Gasteiger charge is 2.47. The molecular weight excluding hydrogens is 240 g/mol. The number of piperazine rings is 1. The van der Waals surface area contributed by atoms with Gasteiger partial charge in [0.05, 0.1) is 0 Å². The van der Waals surface area contributed by atoms with Gasteiger partial charge < -0.3 is 5.32 Å². The highest BCUT2D eigenvalue weighted by Crippen LogP contribution is 2.42. The van der Waals surface area contributed by atoms with E-state index in [2.05, 4.69) is 47.8 Å². The van der Waals surface area contributed by atoms with Crippen LogP contribution in [-0.2, 0) is 6.54 Å². The third-order valence-corrected chi connectivity index (χ3v) is 5.46. The molecule has 100 valence electrons. The lowest BCUT2D eigenvalue weighted by Crippen LogP contribution is -2.67. The molecule has 1 aliphatic carbocycles. The van der Waals surface area contributed by atoms with Crippen LogP contribution in [0.1, 0.15) is 39.2 Å². The van der Waals surface area contributed by atoms with Gasteiger partial charge >= 0.3 is 0 Å². The van der Waals surface area contributed by atoms with Gasteiger partial charge in [0.1, 0.15) is 0 Å². The molecule has 1 aliphatic heterocycles. The van der Waals surface area contributed by atoms with E-state index in [1.54, 1.807) is 11.3 Å². The van der Waals surface area contributed by atoms with E-state index < -0.39 is 0 Å². The van der Waals surface area contributed by atoms with Crippen molar-refractivity contribution in [1.29, 1.82) is 0 Å². The summed E-state index contributed by atoms with van der Waals surface area (Å²) in [4.78, 5) is 2.67. The fourth-order valence-corrected chi connectivity index (χ4v) is 3.72. The second-order valence-electron chi connectivity index (χ2n) is 6.85. The molecule has 1 unspecified atom stereocenters. The molecule has 2 nitrogen and oxygen atoms in total. The molecule has 0 bridgehead atoms. The number of thiophene rings is 1. The molecule has 0 amide bonds. The number of nitrogens with zero attached hydrogens (tertiary/aromatic N) is 1. The summed E-state index contributed by atoms with van der Waals surface area (Å²) in [5, 5.41) is 8.29. The molecule has 2 fully saturated rings. The monoisotopic (exact) mass is 264 g/mol. The Kier molecular flexibility index (Phi) is 3.04. The summed E-state index contributed by atoms with van der Waals surface area (Å²) < 4.78 is 0. The Morgan fingerprint density at radius 3 is 2.78 bits per heavy atom. The zero-order chi connectivity index (χ0) is 12.8. The predicted octanol–water partition coefficient (Wildman–Crippen LogP) is 3.10. The minimum atomic E-state index is 0.260. The quantitative estimate of drug-likeness (QED) is 0.902. The molecule has 1 saturated heterocycles. The van der Waals surface area contributed by atoms with Gasteiger partial charge in [-0.3, -0.25) is 4.90 Å². The molecule has 18 heavy (non-hydrogen) atoms. The van der Waals surface area contributed by atoms with Gasteiger partial charge in [0, 0.05) is 30.7 Å². The van der Waals surface area contributed by atoms with Gasteiger partial charge in [0.25, 0.3) is 0 Å². The molecule has 3 heteroatoms. The average Bonchev–Trinajstić information content (AvgIpc) is 3.06. The molecule has 0 aromatic carbocycles. The SMILES string of the molecule is CC1(C2CC2)CN(Cc2ccsc2)C(C)(C)CN1. The summed E-state index contributed by atoms with van der Waals surface area (Å²) >= 11 is 1.80. The Labute approximate surface area is 114 Å². The van der Waals surface area contributed by atoms with Crippen LogP contribution >= 0.6 is 11.3 Å². The average molecular weight is 264 g/mol. The Morgan fingerprint density at radius 2 is 2.17 bits per heavy atom. The van der Waals surface area contributed by atoms with Gasteiger partial charge in [-0.05, 0) is 61.9 Å². The Morgan fingerprint density at radius 1 is 1.39 bits per heavy atom. The molecule has 0 spiro atoms. The first-order chi connectivity index (χ1) is 8.50. The first-order valence-electron chi connectivity index (χ1n) is 7.01. The number of hydrogen-bond acceptors (Lipinski definition) is 3. The molecule has 2 aliphatic rings. The lowest BCUT2D eigenvalue weighted by Gasteiger charge is -2.51.